The van der Waals surface area contributed by atoms with Crippen molar-refractivity contribution in [2.24, 2.45) is 11.8 Å². The van der Waals surface area contributed by atoms with Gasteiger partial charge in [-0.25, -0.2) is 17.6 Å². The molecule has 2 aliphatic heterocycles. The number of aromatic nitrogens is 2. The Morgan fingerprint density at radius 1 is 0.534 bits per heavy atom. The van der Waals surface area contributed by atoms with Crippen LogP contribution in [0.2, 0.25) is 0 Å². The highest BCUT2D eigenvalue weighted by atomic mass is 32.2. The summed E-state index contributed by atoms with van der Waals surface area (Å²) in [5.74, 6) is -4.65. The first-order chi connectivity index (χ1) is 42.1. The standard InChI is InChI=1S/C63H63F7N6O10S2/c1-40-11-7-25-73(38-40)27-9-29-83-59-36-51-45(34-57(59)81-3)53(21-23-71-51)85-55-19-16-43(32-49(55)66)75(87(77,78)61-14-6-5-13-47(61)63(68,69)70)76(88(79,80)62-31-42(64)15-18-48(62)65)44-17-20-56(50(67)33-44)86-54-22-24-72-52-37-60(58(82-4)35-46(52)54)84-30-10-28-74-26-8-12-41(2)39-74/h5-6,13-24,31-37,40-41H,7-12,25-30,38-39H2,1-4H3. The van der Waals surface area contributed by atoms with Crippen LogP contribution < -0.4 is 37.2 Å². The minimum Gasteiger partial charge on any atom is -0.493 e. The third-order valence-corrected chi connectivity index (χ3v) is 18.7. The maximum absolute atomic E-state index is 17.0. The number of benzene rings is 6. The second kappa shape index (κ2) is 26.7. The molecule has 2 atom stereocenters. The maximum atomic E-state index is 17.0. The van der Waals surface area contributed by atoms with Crippen LogP contribution in [0.5, 0.6) is 46.0 Å². The van der Waals surface area contributed by atoms with Crippen LogP contribution in [0.15, 0.2) is 137 Å². The molecule has 88 heavy (non-hydrogen) atoms. The fourth-order valence-electron chi connectivity index (χ4n) is 11.0. The Bertz CT molecular complexity index is 4080. The molecule has 0 aliphatic carbocycles. The molecule has 2 saturated heterocycles. The topological polar surface area (TPSA) is 162 Å². The lowest BCUT2D eigenvalue weighted by Crippen LogP contribution is -2.51. The van der Waals surface area contributed by atoms with E-state index >= 15 is 34.4 Å². The summed E-state index contributed by atoms with van der Waals surface area (Å²) >= 11 is 0. The number of nitrogens with zero attached hydrogens (tertiary/aromatic N) is 6. The normalized spacial score (nSPS) is 16.1. The summed E-state index contributed by atoms with van der Waals surface area (Å²) in [6.07, 6.45) is 3.39. The molecule has 16 nitrogen and oxygen atoms in total. The van der Waals surface area contributed by atoms with Gasteiger partial charge in [0.2, 0.25) is 0 Å². The predicted molar refractivity (Wildman–Crippen MR) is 317 cm³/mol. The quantitative estimate of drug-likeness (QED) is 0.0338. The van der Waals surface area contributed by atoms with Crippen molar-refractivity contribution in [2.75, 3.05) is 75.5 Å². The molecule has 25 heteroatoms. The highest BCUT2D eigenvalue weighted by Crippen LogP contribution is 2.44. The molecule has 0 bridgehead atoms. The van der Waals surface area contributed by atoms with Crippen molar-refractivity contribution < 1.29 is 76.0 Å². The largest absolute Gasteiger partial charge is 0.493 e. The highest BCUT2D eigenvalue weighted by molar-refractivity contribution is 7.97. The lowest BCUT2D eigenvalue weighted by atomic mass is 10.0. The van der Waals surface area contributed by atoms with Gasteiger partial charge in [0.25, 0.3) is 20.0 Å². The molecular formula is C63H63F7N6O10S2. The summed E-state index contributed by atoms with van der Waals surface area (Å²) in [5, 5.41) is 0.576. The molecule has 466 valence electrons. The van der Waals surface area contributed by atoms with Gasteiger partial charge in [0, 0.05) is 73.6 Å². The lowest BCUT2D eigenvalue weighted by Gasteiger charge is -2.36. The molecule has 6 aromatic carbocycles. The minimum atomic E-state index is -6.08. The minimum absolute atomic E-state index is 0.0147. The van der Waals surface area contributed by atoms with E-state index < -0.39 is 87.7 Å². The van der Waals surface area contributed by atoms with Crippen molar-refractivity contribution >= 4 is 53.2 Å². The van der Waals surface area contributed by atoms with E-state index in [9.17, 15) is 13.2 Å². The first-order valence-corrected chi connectivity index (χ1v) is 31.3. The second-order valence-electron chi connectivity index (χ2n) is 21.7. The molecule has 0 saturated carbocycles. The van der Waals surface area contributed by atoms with E-state index in [-0.39, 0.29) is 48.7 Å². The highest BCUT2D eigenvalue weighted by Gasteiger charge is 2.45. The fraction of sp³-hybridized carbons (Fsp3) is 0.333. The average Bonchev–Trinajstić information content (AvgIpc) is 0.871. The number of hydrogen-bond donors (Lipinski definition) is 0. The zero-order valence-electron chi connectivity index (χ0n) is 48.4. The number of hydrazine groups is 1. The number of halogens is 7. The fourth-order valence-corrected chi connectivity index (χ4v) is 14.5. The molecule has 0 amide bonds. The van der Waals surface area contributed by atoms with Crippen molar-refractivity contribution in [3.8, 4) is 46.0 Å². The molecule has 10 rings (SSSR count). The van der Waals surface area contributed by atoms with Gasteiger partial charge in [-0.1, -0.05) is 26.0 Å². The maximum Gasteiger partial charge on any atom is 0.417 e. The van der Waals surface area contributed by atoms with E-state index in [1.165, 1.54) is 51.6 Å². The van der Waals surface area contributed by atoms with Crippen LogP contribution >= 0.6 is 0 Å². The third-order valence-electron chi connectivity index (χ3n) is 15.2. The Morgan fingerprint density at radius 3 is 1.47 bits per heavy atom. The van der Waals surface area contributed by atoms with E-state index in [0.29, 0.717) is 84.0 Å². The number of rotatable bonds is 23. The van der Waals surface area contributed by atoms with Gasteiger partial charge in [0.15, 0.2) is 46.1 Å². The van der Waals surface area contributed by atoms with Crippen LogP contribution in [0.25, 0.3) is 21.8 Å². The Morgan fingerprint density at radius 2 is 1.01 bits per heavy atom. The Kier molecular flexibility index (Phi) is 19.1. The number of alkyl halides is 3. The molecule has 2 unspecified atom stereocenters. The lowest BCUT2D eigenvalue weighted by molar-refractivity contribution is -0.139. The van der Waals surface area contributed by atoms with Crippen molar-refractivity contribution in [2.45, 2.75) is 68.3 Å². The number of likely N-dealkylation sites (tertiary alicyclic amines) is 2. The average molecular weight is 1260 g/mol. The molecule has 0 N–H and O–H groups in total. The number of methoxy groups -OCH3 is 2. The molecule has 8 aromatic rings. The molecule has 2 fully saturated rings. The SMILES string of the molecule is COc1cc2c(Oc3ccc(N(N(c4ccc(Oc5ccnc6cc(OCCCN7CCCC(C)C7)c(OC)cc56)c(F)c4)S(=O)(=O)c4ccccc4C(F)(F)F)S(=O)(=O)c4cc(F)ccc4F)cc3F)ccnc2cc1OCCCN1CCCC(C)C1. The summed E-state index contributed by atoms with van der Waals surface area (Å²) in [7, 11) is -9.25. The van der Waals surface area contributed by atoms with Gasteiger partial charge in [-0.05, 0) is 142 Å². The van der Waals surface area contributed by atoms with Crippen LogP contribution in [-0.2, 0) is 26.2 Å². The Hall–Kier alpha value is -8.13. The number of ether oxygens (including phenoxy) is 6. The molecule has 2 aromatic heterocycles. The number of hydrogen-bond acceptors (Lipinski definition) is 14. The molecular weight excluding hydrogens is 1200 g/mol. The van der Waals surface area contributed by atoms with Gasteiger partial charge in [-0.15, -0.1) is 0 Å². The van der Waals surface area contributed by atoms with Gasteiger partial charge < -0.3 is 38.2 Å². The van der Waals surface area contributed by atoms with Crippen molar-refractivity contribution in [3.05, 3.63) is 156 Å². The zero-order chi connectivity index (χ0) is 62.5. The van der Waals surface area contributed by atoms with Crippen LogP contribution in [-0.4, -0.2) is 103 Å². The number of piperidine rings is 2. The first-order valence-electron chi connectivity index (χ1n) is 28.4. The van der Waals surface area contributed by atoms with Crippen LogP contribution in [0.3, 0.4) is 0 Å². The summed E-state index contributed by atoms with van der Waals surface area (Å²) in [6.45, 7) is 10.9. The van der Waals surface area contributed by atoms with E-state index in [0.717, 1.165) is 101 Å². The van der Waals surface area contributed by atoms with Crippen LogP contribution in [0.1, 0.15) is 57.9 Å². The number of pyridine rings is 2. The van der Waals surface area contributed by atoms with Crippen molar-refractivity contribution in [3.63, 3.8) is 0 Å². The van der Waals surface area contributed by atoms with Crippen molar-refractivity contribution in [1.82, 2.24) is 19.8 Å². The second-order valence-corrected chi connectivity index (χ2v) is 25.1. The third kappa shape index (κ3) is 13.9. The summed E-state index contributed by atoms with van der Waals surface area (Å²) in [6, 6.07) is 16.9. The van der Waals surface area contributed by atoms with Gasteiger partial charge in [-0.3, -0.25) is 9.97 Å². The molecule has 0 spiro atoms. The van der Waals surface area contributed by atoms with E-state index in [4.69, 9.17) is 28.4 Å². The van der Waals surface area contributed by atoms with Crippen molar-refractivity contribution in [1.29, 1.82) is 0 Å². The van der Waals surface area contributed by atoms with Crippen LogP contribution in [0.4, 0.5) is 42.1 Å². The summed E-state index contributed by atoms with van der Waals surface area (Å²) in [5.41, 5.74) is -3.27. The predicted octanol–water partition coefficient (Wildman–Crippen LogP) is 14.0. The molecule has 0 radical (unpaired) electrons. The van der Waals surface area contributed by atoms with Gasteiger partial charge >= 0.3 is 6.18 Å². The smallest absolute Gasteiger partial charge is 0.417 e. The first kappa shape index (κ1) is 62.9. The van der Waals surface area contributed by atoms with E-state index in [1.807, 2.05) is 0 Å². The summed E-state index contributed by atoms with van der Waals surface area (Å²) < 4.78 is 206. The molecule has 2 aliphatic rings. The summed E-state index contributed by atoms with van der Waals surface area (Å²) in [4.78, 5) is 10.5. The zero-order valence-corrected chi connectivity index (χ0v) is 50.0. The van der Waals surface area contributed by atoms with Crippen LogP contribution in [0, 0.1) is 35.1 Å². The van der Waals surface area contributed by atoms with Gasteiger partial charge in [0.1, 0.15) is 32.9 Å². The van der Waals surface area contributed by atoms with Gasteiger partial charge in [0.05, 0.1) is 55.4 Å². The molecule has 4 heterocycles. The monoisotopic (exact) mass is 1260 g/mol. The Labute approximate surface area is 505 Å². The van der Waals surface area contributed by atoms with Gasteiger partial charge in [-0.2, -0.15) is 38.8 Å². The van der Waals surface area contributed by atoms with E-state index in [2.05, 4.69) is 33.6 Å². The van der Waals surface area contributed by atoms with E-state index in [1.54, 1.807) is 24.3 Å². The number of sulfonamides is 2. The number of fused-ring (bicyclic) bond motifs is 2. The number of anilines is 2. The Balaban J connectivity index is 1.01.